The molecule has 2 aromatic carbocycles. The van der Waals surface area contributed by atoms with Gasteiger partial charge >= 0.3 is 0 Å². The summed E-state index contributed by atoms with van der Waals surface area (Å²) in [5, 5.41) is 8.01. The van der Waals surface area contributed by atoms with Crippen LogP contribution < -0.4 is 10.1 Å². The largest absolute Gasteiger partial charge is 0.496 e. The average molecular weight is 297 g/mol. The predicted octanol–water partition coefficient (Wildman–Crippen LogP) is 4.53. The number of hydrogen-bond acceptors (Lipinski definition) is 3. The van der Waals surface area contributed by atoms with E-state index in [-0.39, 0.29) is 6.04 Å². The van der Waals surface area contributed by atoms with Gasteiger partial charge in [0.1, 0.15) is 5.75 Å². The summed E-state index contributed by atoms with van der Waals surface area (Å²) in [4.78, 5) is 1.37. The number of benzene rings is 2. The summed E-state index contributed by atoms with van der Waals surface area (Å²) >= 11 is 1.80. The maximum atomic E-state index is 5.49. The normalized spacial score (nSPS) is 12.5. The van der Waals surface area contributed by atoms with E-state index >= 15 is 0 Å². The molecule has 1 heterocycles. The van der Waals surface area contributed by atoms with Gasteiger partial charge in [-0.15, -0.1) is 11.3 Å². The number of hydrogen-bond donors (Lipinski definition) is 1. The van der Waals surface area contributed by atoms with Crippen LogP contribution in [0.5, 0.6) is 5.75 Å². The first-order valence-corrected chi connectivity index (χ1v) is 7.91. The summed E-state index contributed by atoms with van der Waals surface area (Å²) in [5.41, 5.74) is 2.62. The lowest BCUT2D eigenvalue weighted by atomic mass is 9.96. The number of thiophene rings is 1. The van der Waals surface area contributed by atoms with Crippen molar-refractivity contribution < 1.29 is 4.74 Å². The highest BCUT2D eigenvalue weighted by Crippen LogP contribution is 2.36. The average Bonchev–Trinajstić information content (AvgIpc) is 2.94. The Morgan fingerprint density at radius 3 is 2.43 bits per heavy atom. The second-order valence-electron chi connectivity index (χ2n) is 5.09. The quantitative estimate of drug-likeness (QED) is 0.764. The minimum atomic E-state index is 0.209. The van der Waals surface area contributed by atoms with Crippen molar-refractivity contribution in [2.45, 2.75) is 13.0 Å². The van der Waals surface area contributed by atoms with Crippen molar-refractivity contribution in [1.29, 1.82) is 0 Å². The fraction of sp³-hybridized carbons (Fsp3) is 0.222. The van der Waals surface area contributed by atoms with Crippen LogP contribution in [-0.4, -0.2) is 14.2 Å². The van der Waals surface area contributed by atoms with Crippen molar-refractivity contribution in [3.8, 4) is 5.75 Å². The summed E-state index contributed by atoms with van der Waals surface area (Å²) < 4.78 is 5.49. The van der Waals surface area contributed by atoms with E-state index in [1.54, 1.807) is 18.4 Å². The topological polar surface area (TPSA) is 21.3 Å². The zero-order chi connectivity index (χ0) is 14.8. The summed E-state index contributed by atoms with van der Waals surface area (Å²) in [6.45, 7) is 2.17. The van der Waals surface area contributed by atoms with Crippen LogP contribution in [-0.2, 0) is 0 Å². The summed E-state index contributed by atoms with van der Waals surface area (Å²) in [7, 11) is 3.74. The molecule has 3 aromatic rings. The van der Waals surface area contributed by atoms with E-state index in [9.17, 15) is 0 Å². The Bertz CT molecular complexity index is 763. The van der Waals surface area contributed by atoms with E-state index in [1.165, 1.54) is 21.4 Å². The van der Waals surface area contributed by atoms with Gasteiger partial charge < -0.3 is 10.1 Å². The molecule has 0 spiro atoms. The molecule has 3 rings (SSSR count). The maximum Gasteiger partial charge on any atom is 0.126 e. The van der Waals surface area contributed by atoms with E-state index in [1.807, 2.05) is 7.05 Å². The Kier molecular flexibility index (Phi) is 3.95. The first kappa shape index (κ1) is 14.1. The molecule has 108 valence electrons. The first-order valence-electron chi connectivity index (χ1n) is 7.03. The highest BCUT2D eigenvalue weighted by atomic mass is 32.1. The van der Waals surface area contributed by atoms with Gasteiger partial charge in [-0.2, -0.15) is 0 Å². The number of ether oxygens (including phenoxy) is 1. The van der Waals surface area contributed by atoms with Crippen molar-refractivity contribution in [2.24, 2.45) is 0 Å². The molecule has 2 nitrogen and oxygen atoms in total. The highest BCUT2D eigenvalue weighted by molar-refractivity contribution is 7.10. The highest BCUT2D eigenvalue weighted by Gasteiger charge is 2.18. The molecule has 0 aliphatic rings. The van der Waals surface area contributed by atoms with Crippen LogP contribution in [0.25, 0.3) is 10.8 Å². The van der Waals surface area contributed by atoms with Crippen LogP contribution in [0.1, 0.15) is 22.0 Å². The molecule has 0 aliphatic carbocycles. The molecule has 0 aliphatic heterocycles. The van der Waals surface area contributed by atoms with E-state index in [2.05, 4.69) is 60.1 Å². The number of fused-ring (bicyclic) bond motifs is 1. The van der Waals surface area contributed by atoms with E-state index in [4.69, 9.17) is 4.74 Å². The number of aryl methyl sites for hydroxylation is 1. The summed E-state index contributed by atoms with van der Waals surface area (Å²) in [6, 6.07) is 15.0. The fourth-order valence-corrected chi connectivity index (χ4v) is 3.89. The minimum absolute atomic E-state index is 0.209. The lowest BCUT2D eigenvalue weighted by Crippen LogP contribution is -2.17. The summed E-state index contributed by atoms with van der Waals surface area (Å²) in [5.74, 6) is 0.923. The van der Waals surface area contributed by atoms with Gasteiger partial charge in [-0.05, 0) is 48.0 Å². The SMILES string of the molecule is CNC(c1sccc1C)c1ccc(OC)c2ccccc12. The molecule has 0 fully saturated rings. The van der Waals surface area contributed by atoms with E-state index < -0.39 is 0 Å². The van der Waals surface area contributed by atoms with Gasteiger partial charge in [0.2, 0.25) is 0 Å². The molecular formula is C18H19NOS. The van der Waals surface area contributed by atoms with Crippen LogP contribution in [0.15, 0.2) is 47.8 Å². The van der Waals surface area contributed by atoms with Crippen molar-refractivity contribution in [2.75, 3.05) is 14.2 Å². The van der Waals surface area contributed by atoms with Gasteiger partial charge in [0.25, 0.3) is 0 Å². The van der Waals surface area contributed by atoms with E-state index in [0.717, 1.165) is 11.1 Å². The van der Waals surface area contributed by atoms with Gasteiger partial charge in [-0.3, -0.25) is 0 Å². The number of nitrogens with one attached hydrogen (secondary N) is 1. The van der Waals surface area contributed by atoms with Gasteiger partial charge in [-0.25, -0.2) is 0 Å². The van der Waals surface area contributed by atoms with Crippen LogP contribution >= 0.6 is 11.3 Å². The summed E-state index contributed by atoms with van der Waals surface area (Å²) in [6.07, 6.45) is 0. The van der Waals surface area contributed by atoms with Crippen LogP contribution in [0.4, 0.5) is 0 Å². The Morgan fingerprint density at radius 2 is 1.81 bits per heavy atom. The molecule has 1 N–H and O–H groups in total. The lowest BCUT2D eigenvalue weighted by molar-refractivity contribution is 0.419. The molecule has 1 unspecified atom stereocenters. The third-order valence-electron chi connectivity index (χ3n) is 3.90. The first-order chi connectivity index (χ1) is 10.3. The molecular weight excluding hydrogens is 278 g/mol. The van der Waals surface area contributed by atoms with Crippen LogP contribution in [0.2, 0.25) is 0 Å². The maximum absolute atomic E-state index is 5.49. The Balaban J connectivity index is 2.22. The zero-order valence-electron chi connectivity index (χ0n) is 12.5. The van der Waals surface area contributed by atoms with Crippen molar-refractivity contribution in [3.05, 3.63) is 63.8 Å². The van der Waals surface area contributed by atoms with E-state index in [0.29, 0.717) is 0 Å². The molecule has 1 atom stereocenters. The molecule has 0 amide bonds. The van der Waals surface area contributed by atoms with Crippen molar-refractivity contribution >= 4 is 22.1 Å². The van der Waals surface area contributed by atoms with Crippen molar-refractivity contribution in [1.82, 2.24) is 5.32 Å². The second-order valence-corrected chi connectivity index (χ2v) is 6.04. The monoisotopic (exact) mass is 297 g/mol. The smallest absolute Gasteiger partial charge is 0.126 e. The second kappa shape index (κ2) is 5.88. The number of methoxy groups -OCH3 is 1. The van der Waals surface area contributed by atoms with Gasteiger partial charge in [0, 0.05) is 10.3 Å². The molecule has 0 saturated heterocycles. The zero-order valence-corrected chi connectivity index (χ0v) is 13.3. The number of rotatable bonds is 4. The fourth-order valence-electron chi connectivity index (χ4n) is 2.83. The Morgan fingerprint density at radius 1 is 1.05 bits per heavy atom. The van der Waals surface area contributed by atoms with Crippen LogP contribution in [0, 0.1) is 6.92 Å². The third kappa shape index (κ3) is 2.43. The minimum Gasteiger partial charge on any atom is -0.496 e. The van der Waals surface area contributed by atoms with Gasteiger partial charge in [-0.1, -0.05) is 30.3 Å². The molecule has 1 aromatic heterocycles. The lowest BCUT2D eigenvalue weighted by Gasteiger charge is -2.19. The Labute approximate surface area is 129 Å². The molecule has 0 saturated carbocycles. The molecule has 21 heavy (non-hydrogen) atoms. The third-order valence-corrected chi connectivity index (χ3v) is 4.99. The van der Waals surface area contributed by atoms with Gasteiger partial charge in [0.15, 0.2) is 0 Å². The van der Waals surface area contributed by atoms with Gasteiger partial charge in [0.05, 0.1) is 13.2 Å². The van der Waals surface area contributed by atoms with Crippen molar-refractivity contribution in [3.63, 3.8) is 0 Å². The standard InChI is InChI=1S/C18H19NOS/c1-12-10-11-21-18(12)17(19-2)15-8-9-16(20-3)14-7-5-4-6-13(14)15/h4-11,17,19H,1-3H3. The Hall–Kier alpha value is -1.84. The molecule has 3 heteroatoms. The predicted molar refractivity (Wildman–Crippen MR) is 90.5 cm³/mol. The molecule has 0 bridgehead atoms. The molecule has 0 radical (unpaired) electrons. The van der Waals surface area contributed by atoms with Crippen LogP contribution in [0.3, 0.4) is 0 Å².